The lowest BCUT2D eigenvalue weighted by atomic mass is 10.1. The number of aromatic nitrogens is 3. The van der Waals surface area contributed by atoms with Crippen molar-refractivity contribution in [1.29, 1.82) is 0 Å². The van der Waals surface area contributed by atoms with Gasteiger partial charge in [0.2, 0.25) is 11.9 Å². The van der Waals surface area contributed by atoms with Crippen molar-refractivity contribution < 1.29 is 4.74 Å². The van der Waals surface area contributed by atoms with Crippen LogP contribution in [-0.4, -0.2) is 33.1 Å². The molecule has 0 unspecified atom stereocenters. The molecule has 0 atom stereocenters. The molecule has 0 spiro atoms. The minimum absolute atomic E-state index is 0.120. The van der Waals surface area contributed by atoms with E-state index in [-0.39, 0.29) is 11.1 Å². The van der Waals surface area contributed by atoms with Gasteiger partial charge in [0, 0.05) is 11.1 Å². The van der Waals surface area contributed by atoms with Crippen molar-refractivity contribution in [2.75, 3.05) is 17.7 Å². The highest BCUT2D eigenvalue weighted by molar-refractivity contribution is 5.38. The monoisotopic (exact) mass is 253 g/mol. The van der Waals surface area contributed by atoms with Gasteiger partial charge in [-0.15, -0.1) is 0 Å². The summed E-state index contributed by atoms with van der Waals surface area (Å²) in [5.41, 5.74) is -0.239. The molecule has 0 aliphatic heterocycles. The zero-order chi connectivity index (χ0) is 14.0. The van der Waals surface area contributed by atoms with Crippen LogP contribution in [0.15, 0.2) is 0 Å². The van der Waals surface area contributed by atoms with Crippen LogP contribution in [0.4, 0.5) is 11.9 Å². The van der Waals surface area contributed by atoms with E-state index in [1.807, 2.05) is 41.5 Å². The lowest BCUT2D eigenvalue weighted by Crippen LogP contribution is -2.30. The van der Waals surface area contributed by atoms with E-state index in [0.29, 0.717) is 17.9 Å². The summed E-state index contributed by atoms with van der Waals surface area (Å²) in [7, 11) is 1.54. The molecule has 1 heterocycles. The second-order valence-corrected chi connectivity index (χ2v) is 6.22. The highest BCUT2D eigenvalue weighted by atomic mass is 16.5. The first-order valence-corrected chi connectivity index (χ1v) is 5.95. The van der Waals surface area contributed by atoms with Gasteiger partial charge in [-0.2, -0.15) is 15.0 Å². The molecule has 0 fully saturated rings. The minimum Gasteiger partial charge on any atom is -0.467 e. The number of methoxy groups -OCH3 is 1. The summed E-state index contributed by atoms with van der Waals surface area (Å²) in [4.78, 5) is 12.7. The SMILES string of the molecule is COc1nc(NC(C)(C)C)nc(NC(C)(C)C)n1. The summed E-state index contributed by atoms with van der Waals surface area (Å²) in [5.74, 6) is 1.00. The number of nitrogens with one attached hydrogen (secondary N) is 2. The van der Waals surface area contributed by atoms with Crippen LogP contribution >= 0.6 is 0 Å². The molecular formula is C12H23N5O. The van der Waals surface area contributed by atoms with Crippen LogP contribution < -0.4 is 15.4 Å². The number of hydrogen-bond donors (Lipinski definition) is 2. The van der Waals surface area contributed by atoms with Gasteiger partial charge in [0.15, 0.2) is 0 Å². The van der Waals surface area contributed by atoms with Crippen molar-refractivity contribution in [3.63, 3.8) is 0 Å². The van der Waals surface area contributed by atoms with E-state index in [4.69, 9.17) is 4.74 Å². The predicted octanol–water partition coefficient (Wildman–Crippen LogP) is 2.30. The standard InChI is InChI=1S/C12H23N5O/c1-11(2,3)16-8-13-9(17-12(4,5)6)15-10(14-8)18-7/h1-7H3,(H2,13,14,15,16,17). The molecule has 0 radical (unpaired) electrons. The quantitative estimate of drug-likeness (QED) is 0.861. The first kappa shape index (κ1) is 14.5. The van der Waals surface area contributed by atoms with Gasteiger partial charge < -0.3 is 15.4 Å². The van der Waals surface area contributed by atoms with E-state index in [9.17, 15) is 0 Å². The van der Waals surface area contributed by atoms with E-state index in [1.165, 1.54) is 7.11 Å². The molecule has 6 heteroatoms. The third-order valence-electron chi connectivity index (χ3n) is 1.77. The van der Waals surface area contributed by atoms with Gasteiger partial charge in [-0.25, -0.2) is 0 Å². The predicted molar refractivity (Wildman–Crippen MR) is 73.1 cm³/mol. The van der Waals surface area contributed by atoms with Crippen LogP contribution in [0, 0.1) is 0 Å². The Labute approximate surface area is 109 Å². The summed E-state index contributed by atoms with van der Waals surface area (Å²) in [6.07, 6.45) is 0. The molecule has 0 saturated heterocycles. The largest absolute Gasteiger partial charge is 0.467 e. The van der Waals surface area contributed by atoms with Gasteiger partial charge in [-0.3, -0.25) is 0 Å². The topological polar surface area (TPSA) is 72.0 Å². The van der Waals surface area contributed by atoms with Crippen LogP contribution in [0.3, 0.4) is 0 Å². The Hall–Kier alpha value is -1.59. The van der Waals surface area contributed by atoms with E-state index in [2.05, 4.69) is 25.6 Å². The molecule has 1 aromatic heterocycles. The molecule has 102 valence electrons. The second-order valence-electron chi connectivity index (χ2n) is 6.22. The highest BCUT2D eigenvalue weighted by Gasteiger charge is 2.17. The Kier molecular flexibility index (Phi) is 3.98. The third-order valence-corrected chi connectivity index (χ3v) is 1.77. The first-order chi connectivity index (χ1) is 8.09. The molecule has 0 aliphatic rings. The van der Waals surface area contributed by atoms with Gasteiger partial charge in [0.25, 0.3) is 0 Å². The summed E-state index contributed by atoms with van der Waals surface area (Å²) >= 11 is 0. The van der Waals surface area contributed by atoms with Crippen molar-refractivity contribution in [3.8, 4) is 6.01 Å². The minimum atomic E-state index is -0.120. The average Bonchev–Trinajstić information content (AvgIpc) is 2.11. The summed E-state index contributed by atoms with van der Waals surface area (Å²) in [5, 5.41) is 6.40. The number of anilines is 2. The number of nitrogens with zero attached hydrogens (tertiary/aromatic N) is 3. The van der Waals surface area contributed by atoms with Crippen LogP contribution in [-0.2, 0) is 0 Å². The normalized spacial score (nSPS) is 12.2. The van der Waals surface area contributed by atoms with Crippen molar-refractivity contribution in [3.05, 3.63) is 0 Å². The Morgan fingerprint density at radius 1 is 0.778 bits per heavy atom. The molecule has 0 aliphatic carbocycles. The fourth-order valence-electron chi connectivity index (χ4n) is 1.23. The molecule has 0 amide bonds. The lowest BCUT2D eigenvalue weighted by Gasteiger charge is -2.23. The average molecular weight is 253 g/mol. The molecule has 0 saturated carbocycles. The van der Waals surface area contributed by atoms with E-state index >= 15 is 0 Å². The second kappa shape index (κ2) is 4.96. The molecule has 1 aromatic rings. The number of ether oxygens (including phenoxy) is 1. The van der Waals surface area contributed by atoms with E-state index < -0.39 is 0 Å². The third kappa shape index (κ3) is 5.16. The van der Waals surface area contributed by atoms with Crippen molar-refractivity contribution >= 4 is 11.9 Å². The molecule has 1 rings (SSSR count). The fourth-order valence-corrected chi connectivity index (χ4v) is 1.23. The van der Waals surface area contributed by atoms with Crippen molar-refractivity contribution in [2.45, 2.75) is 52.6 Å². The Bertz CT molecular complexity index is 372. The van der Waals surface area contributed by atoms with Gasteiger partial charge in [0.1, 0.15) is 0 Å². The zero-order valence-electron chi connectivity index (χ0n) is 12.2. The Morgan fingerprint density at radius 3 is 1.44 bits per heavy atom. The molecule has 18 heavy (non-hydrogen) atoms. The van der Waals surface area contributed by atoms with Gasteiger partial charge in [-0.1, -0.05) is 0 Å². The molecule has 0 bridgehead atoms. The summed E-state index contributed by atoms with van der Waals surface area (Å²) in [6.45, 7) is 12.3. The Balaban J connectivity index is 3.02. The Morgan fingerprint density at radius 2 is 1.17 bits per heavy atom. The lowest BCUT2D eigenvalue weighted by molar-refractivity contribution is 0.378. The number of rotatable bonds is 3. The maximum atomic E-state index is 5.08. The van der Waals surface area contributed by atoms with Crippen LogP contribution in [0.1, 0.15) is 41.5 Å². The fraction of sp³-hybridized carbons (Fsp3) is 0.750. The molecule has 2 N–H and O–H groups in total. The van der Waals surface area contributed by atoms with E-state index in [0.717, 1.165) is 0 Å². The maximum Gasteiger partial charge on any atom is 0.322 e. The highest BCUT2D eigenvalue weighted by Crippen LogP contribution is 2.17. The zero-order valence-corrected chi connectivity index (χ0v) is 12.2. The summed E-state index contributed by atoms with van der Waals surface area (Å²) in [6, 6.07) is 0.295. The molecular weight excluding hydrogens is 230 g/mol. The smallest absolute Gasteiger partial charge is 0.322 e. The molecule has 0 aromatic carbocycles. The van der Waals surface area contributed by atoms with Crippen LogP contribution in [0.2, 0.25) is 0 Å². The van der Waals surface area contributed by atoms with Crippen molar-refractivity contribution in [1.82, 2.24) is 15.0 Å². The summed E-state index contributed by atoms with van der Waals surface area (Å²) < 4.78 is 5.08. The van der Waals surface area contributed by atoms with Crippen molar-refractivity contribution in [2.24, 2.45) is 0 Å². The van der Waals surface area contributed by atoms with Gasteiger partial charge >= 0.3 is 6.01 Å². The van der Waals surface area contributed by atoms with Gasteiger partial charge in [0.05, 0.1) is 7.11 Å². The molecule has 6 nitrogen and oxygen atoms in total. The van der Waals surface area contributed by atoms with Crippen LogP contribution in [0.5, 0.6) is 6.01 Å². The first-order valence-electron chi connectivity index (χ1n) is 5.95. The maximum absolute atomic E-state index is 5.08. The van der Waals surface area contributed by atoms with Gasteiger partial charge in [-0.05, 0) is 41.5 Å². The van der Waals surface area contributed by atoms with E-state index in [1.54, 1.807) is 0 Å². The number of hydrogen-bond acceptors (Lipinski definition) is 6. The van der Waals surface area contributed by atoms with Crippen LogP contribution in [0.25, 0.3) is 0 Å².